The molecule has 3 heterocycles. The lowest BCUT2D eigenvalue weighted by Crippen LogP contribution is -2.31. The van der Waals surface area contributed by atoms with Gasteiger partial charge in [0.15, 0.2) is 0 Å². The van der Waals surface area contributed by atoms with Gasteiger partial charge in [0, 0.05) is 43.8 Å². The topological polar surface area (TPSA) is 71.1 Å². The van der Waals surface area contributed by atoms with E-state index in [0.29, 0.717) is 24.5 Å². The molecule has 138 valence electrons. The van der Waals surface area contributed by atoms with Crippen molar-refractivity contribution in [1.29, 1.82) is 0 Å². The van der Waals surface area contributed by atoms with E-state index in [0.717, 1.165) is 23.1 Å². The number of methoxy groups -OCH3 is 1. The Morgan fingerprint density at radius 3 is 2.78 bits per heavy atom. The number of rotatable bonds is 6. The number of H-pyrrole nitrogens is 1. The maximum Gasteiger partial charge on any atom is 0.273 e. The first kappa shape index (κ1) is 17.4. The number of hydrogen-bond donors (Lipinski definition) is 1. The van der Waals surface area contributed by atoms with E-state index >= 15 is 0 Å². The molecule has 3 aromatic rings. The number of ether oxygens (including phenoxy) is 1. The Bertz CT molecular complexity index is 940. The molecule has 0 saturated carbocycles. The highest BCUT2D eigenvalue weighted by atomic mass is 19.1. The van der Waals surface area contributed by atoms with Crippen LogP contribution in [0.1, 0.15) is 34.1 Å². The maximum absolute atomic E-state index is 13.3. The van der Waals surface area contributed by atoms with Crippen LogP contribution in [0.25, 0.3) is 11.3 Å². The molecule has 7 heteroatoms. The number of halogens is 1. The third-order valence-electron chi connectivity index (χ3n) is 4.73. The number of amides is 1. The van der Waals surface area contributed by atoms with Crippen LogP contribution in [-0.4, -0.2) is 46.2 Å². The highest BCUT2D eigenvalue weighted by Gasteiger charge is 2.41. The molecule has 0 fully saturated rings. The van der Waals surface area contributed by atoms with Gasteiger partial charge in [-0.2, -0.15) is 5.10 Å². The standard InChI is InChI=1S/C20H19FN4O2/c1-27-11-3-10-25-19(14-4-2-9-22-12-14)16-17(23-24-18(16)20(25)26)13-5-7-15(21)8-6-13/h2,4-9,12,19H,3,10-11H2,1H3,(H,23,24). The number of nitrogens with zero attached hydrogens (tertiary/aromatic N) is 3. The Hall–Kier alpha value is -3.06. The molecule has 1 aliphatic rings. The van der Waals surface area contributed by atoms with Gasteiger partial charge < -0.3 is 9.64 Å². The third kappa shape index (κ3) is 3.10. The molecule has 1 atom stereocenters. The van der Waals surface area contributed by atoms with Crippen LogP contribution in [0.2, 0.25) is 0 Å². The highest BCUT2D eigenvalue weighted by molar-refractivity contribution is 6.00. The second kappa shape index (κ2) is 7.28. The van der Waals surface area contributed by atoms with Crippen LogP contribution in [0, 0.1) is 5.82 Å². The molecule has 1 aromatic carbocycles. The van der Waals surface area contributed by atoms with E-state index in [1.165, 1.54) is 12.1 Å². The van der Waals surface area contributed by atoms with Crippen molar-refractivity contribution in [2.45, 2.75) is 12.5 Å². The van der Waals surface area contributed by atoms with Crippen molar-refractivity contribution in [3.63, 3.8) is 0 Å². The van der Waals surface area contributed by atoms with Crippen LogP contribution in [0.5, 0.6) is 0 Å². The molecule has 4 rings (SSSR count). The van der Waals surface area contributed by atoms with E-state index < -0.39 is 0 Å². The van der Waals surface area contributed by atoms with E-state index in [4.69, 9.17) is 4.74 Å². The molecule has 0 radical (unpaired) electrons. The van der Waals surface area contributed by atoms with Crippen molar-refractivity contribution in [2.75, 3.05) is 20.3 Å². The molecule has 1 unspecified atom stereocenters. The predicted octanol–water partition coefficient (Wildman–Crippen LogP) is 3.19. The van der Waals surface area contributed by atoms with Crippen LogP contribution < -0.4 is 0 Å². The number of nitrogens with one attached hydrogen (secondary N) is 1. The quantitative estimate of drug-likeness (QED) is 0.680. The lowest BCUT2D eigenvalue weighted by atomic mass is 9.97. The second-order valence-corrected chi connectivity index (χ2v) is 6.40. The molecule has 1 aliphatic heterocycles. The number of carbonyl (C=O) groups excluding carboxylic acids is 1. The zero-order valence-corrected chi connectivity index (χ0v) is 14.9. The van der Waals surface area contributed by atoms with E-state index in [9.17, 15) is 9.18 Å². The van der Waals surface area contributed by atoms with E-state index in [1.807, 2.05) is 17.0 Å². The normalized spacial score (nSPS) is 16.0. The number of benzene rings is 1. The number of fused-ring (bicyclic) bond motifs is 1. The molecule has 1 amide bonds. The molecule has 0 spiro atoms. The molecule has 0 aliphatic carbocycles. The van der Waals surface area contributed by atoms with Crippen LogP contribution in [0.4, 0.5) is 4.39 Å². The second-order valence-electron chi connectivity index (χ2n) is 6.40. The van der Waals surface area contributed by atoms with Crippen LogP contribution >= 0.6 is 0 Å². The number of carbonyl (C=O) groups is 1. The molecule has 6 nitrogen and oxygen atoms in total. The fourth-order valence-corrected chi connectivity index (χ4v) is 3.52. The van der Waals surface area contributed by atoms with Crippen LogP contribution in [-0.2, 0) is 4.74 Å². The number of hydrogen-bond acceptors (Lipinski definition) is 4. The average Bonchev–Trinajstić information content (AvgIpc) is 3.23. The first-order valence-electron chi connectivity index (χ1n) is 8.74. The van der Waals surface area contributed by atoms with E-state index in [-0.39, 0.29) is 17.8 Å². The van der Waals surface area contributed by atoms with Gasteiger partial charge in [0.2, 0.25) is 0 Å². The van der Waals surface area contributed by atoms with Crippen LogP contribution in [0.3, 0.4) is 0 Å². The fourth-order valence-electron chi connectivity index (χ4n) is 3.52. The fraction of sp³-hybridized carbons (Fsp3) is 0.250. The van der Waals surface area contributed by atoms with Crippen molar-refractivity contribution in [1.82, 2.24) is 20.1 Å². The van der Waals surface area contributed by atoms with Crippen molar-refractivity contribution >= 4 is 5.91 Å². The zero-order valence-electron chi connectivity index (χ0n) is 14.9. The first-order chi connectivity index (χ1) is 13.2. The van der Waals surface area contributed by atoms with Gasteiger partial charge in [-0.25, -0.2) is 4.39 Å². The van der Waals surface area contributed by atoms with E-state index in [2.05, 4.69) is 15.2 Å². The summed E-state index contributed by atoms with van der Waals surface area (Å²) in [5.74, 6) is -0.414. The van der Waals surface area contributed by atoms with Gasteiger partial charge in [0.25, 0.3) is 5.91 Å². The molecule has 2 aromatic heterocycles. The average molecular weight is 366 g/mol. The van der Waals surface area contributed by atoms with Gasteiger partial charge in [-0.1, -0.05) is 6.07 Å². The minimum absolute atomic E-state index is 0.101. The van der Waals surface area contributed by atoms with Gasteiger partial charge in [0.05, 0.1) is 11.7 Å². The summed E-state index contributed by atoms with van der Waals surface area (Å²) < 4.78 is 18.5. The monoisotopic (exact) mass is 366 g/mol. The summed E-state index contributed by atoms with van der Waals surface area (Å²) in [6, 6.07) is 9.63. The third-order valence-corrected chi connectivity index (χ3v) is 4.73. The SMILES string of the molecule is COCCCN1C(=O)c2[nH]nc(-c3ccc(F)cc3)c2C1c1cccnc1. The summed E-state index contributed by atoms with van der Waals surface area (Å²) >= 11 is 0. The molecule has 1 N–H and O–H groups in total. The summed E-state index contributed by atoms with van der Waals surface area (Å²) in [5.41, 5.74) is 3.60. The Morgan fingerprint density at radius 1 is 1.26 bits per heavy atom. The van der Waals surface area contributed by atoms with Gasteiger partial charge in [-0.3, -0.25) is 14.9 Å². The minimum atomic E-state index is -0.313. The lowest BCUT2D eigenvalue weighted by molar-refractivity contribution is 0.0723. The molecular weight excluding hydrogens is 347 g/mol. The minimum Gasteiger partial charge on any atom is -0.385 e. The van der Waals surface area contributed by atoms with Crippen molar-refractivity contribution < 1.29 is 13.9 Å². The number of pyridine rings is 1. The Labute approximate surface area is 156 Å². The van der Waals surface area contributed by atoms with Crippen molar-refractivity contribution in [3.05, 3.63) is 71.4 Å². The summed E-state index contributed by atoms with van der Waals surface area (Å²) in [6.45, 7) is 1.12. The van der Waals surface area contributed by atoms with E-state index in [1.54, 1.807) is 31.6 Å². The summed E-state index contributed by atoms with van der Waals surface area (Å²) in [4.78, 5) is 19.0. The summed E-state index contributed by atoms with van der Waals surface area (Å²) in [7, 11) is 1.64. The first-order valence-corrected chi connectivity index (χ1v) is 8.74. The Morgan fingerprint density at radius 2 is 2.07 bits per heavy atom. The zero-order chi connectivity index (χ0) is 18.8. The summed E-state index contributed by atoms with van der Waals surface area (Å²) in [6.07, 6.45) is 4.19. The predicted molar refractivity (Wildman–Crippen MR) is 97.6 cm³/mol. The largest absolute Gasteiger partial charge is 0.385 e. The molecule has 0 saturated heterocycles. The molecule has 0 bridgehead atoms. The van der Waals surface area contributed by atoms with Gasteiger partial charge in [-0.15, -0.1) is 0 Å². The highest BCUT2D eigenvalue weighted by Crippen LogP contribution is 2.42. The summed E-state index contributed by atoms with van der Waals surface area (Å²) in [5, 5.41) is 7.24. The van der Waals surface area contributed by atoms with Crippen LogP contribution in [0.15, 0.2) is 48.8 Å². The Kier molecular flexibility index (Phi) is 4.68. The lowest BCUT2D eigenvalue weighted by Gasteiger charge is -2.26. The smallest absolute Gasteiger partial charge is 0.273 e. The van der Waals surface area contributed by atoms with Gasteiger partial charge in [-0.05, 0) is 42.3 Å². The van der Waals surface area contributed by atoms with Crippen molar-refractivity contribution in [2.24, 2.45) is 0 Å². The van der Waals surface area contributed by atoms with Gasteiger partial charge >= 0.3 is 0 Å². The van der Waals surface area contributed by atoms with Gasteiger partial charge in [0.1, 0.15) is 11.5 Å². The molecule has 27 heavy (non-hydrogen) atoms. The number of aromatic amines is 1. The Balaban J connectivity index is 1.80. The number of aromatic nitrogens is 3. The maximum atomic E-state index is 13.3. The van der Waals surface area contributed by atoms with Crippen molar-refractivity contribution in [3.8, 4) is 11.3 Å². The molecular formula is C20H19FN4O2.